The normalized spacial score (nSPS) is 11.8. The molecular weight excluding hydrogens is 419 g/mol. The van der Waals surface area contributed by atoms with Crippen LogP contribution in [0.1, 0.15) is 12.5 Å². The summed E-state index contributed by atoms with van der Waals surface area (Å²) < 4.78 is 41.0. The van der Waals surface area contributed by atoms with Crippen LogP contribution in [0.4, 0.5) is 18.9 Å². The van der Waals surface area contributed by atoms with Crippen molar-refractivity contribution in [1.82, 2.24) is 9.13 Å². The van der Waals surface area contributed by atoms with Crippen molar-refractivity contribution in [2.75, 3.05) is 5.32 Å². The van der Waals surface area contributed by atoms with Gasteiger partial charge < -0.3 is 5.32 Å². The van der Waals surface area contributed by atoms with E-state index in [2.05, 4.69) is 5.32 Å². The van der Waals surface area contributed by atoms with Gasteiger partial charge >= 0.3 is 11.9 Å². The summed E-state index contributed by atoms with van der Waals surface area (Å²) >= 11 is 7.01. The standard InChI is InChI=1S/C17H13ClF3N3O3S/c1-2-23-15(26)14-12(5-6-28-14)24(16(23)27)8-13(25)22-11-7-9(17(19,20)21)3-4-10(11)18/h3-7H,2,8H2,1H3,(H,22,25). The third-order valence-electron chi connectivity index (χ3n) is 4.02. The van der Waals surface area contributed by atoms with Crippen molar-refractivity contribution in [1.29, 1.82) is 0 Å². The van der Waals surface area contributed by atoms with Crippen LogP contribution in [0.15, 0.2) is 39.2 Å². The Morgan fingerprint density at radius 3 is 2.57 bits per heavy atom. The number of amides is 1. The smallest absolute Gasteiger partial charge is 0.323 e. The van der Waals surface area contributed by atoms with Crippen molar-refractivity contribution in [2.45, 2.75) is 26.2 Å². The van der Waals surface area contributed by atoms with E-state index in [4.69, 9.17) is 11.6 Å². The van der Waals surface area contributed by atoms with Gasteiger partial charge in [-0.2, -0.15) is 13.2 Å². The lowest BCUT2D eigenvalue weighted by Crippen LogP contribution is -2.40. The Balaban J connectivity index is 1.96. The second kappa shape index (κ2) is 7.44. The molecule has 0 fully saturated rings. The molecule has 0 aliphatic heterocycles. The molecule has 1 amide bonds. The van der Waals surface area contributed by atoms with Gasteiger partial charge in [-0.1, -0.05) is 11.6 Å². The molecule has 1 aromatic carbocycles. The van der Waals surface area contributed by atoms with Gasteiger partial charge in [-0.05, 0) is 36.6 Å². The molecule has 3 rings (SSSR count). The number of carbonyl (C=O) groups excluding carboxylic acids is 1. The van der Waals surface area contributed by atoms with Crippen LogP contribution in [-0.2, 0) is 24.1 Å². The number of benzene rings is 1. The molecule has 11 heteroatoms. The van der Waals surface area contributed by atoms with E-state index < -0.39 is 35.4 Å². The van der Waals surface area contributed by atoms with Crippen LogP contribution in [0.3, 0.4) is 0 Å². The van der Waals surface area contributed by atoms with Crippen LogP contribution in [0.5, 0.6) is 0 Å². The summed E-state index contributed by atoms with van der Waals surface area (Å²) in [7, 11) is 0. The number of halogens is 4. The van der Waals surface area contributed by atoms with Crippen molar-refractivity contribution in [3.05, 3.63) is 61.1 Å². The number of fused-ring (bicyclic) bond motifs is 1. The average Bonchev–Trinajstić information content (AvgIpc) is 3.10. The van der Waals surface area contributed by atoms with Gasteiger partial charge in [0, 0.05) is 6.54 Å². The van der Waals surface area contributed by atoms with Crippen molar-refractivity contribution in [3.63, 3.8) is 0 Å². The van der Waals surface area contributed by atoms with Crippen molar-refractivity contribution < 1.29 is 18.0 Å². The van der Waals surface area contributed by atoms with Crippen molar-refractivity contribution >= 4 is 44.7 Å². The lowest BCUT2D eigenvalue weighted by atomic mass is 10.2. The summed E-state index contributed by atoms with van der Waals surface area (Å²) in [6, 6.07) is 4.08. The number of hydrogen-bond donors (Lipinski definition) is 1. The molecule has 0 saturated heterocycles. The highest BCUT2D eigenvalue weighted by molar-refractivity contribution is 7.17. The molecular formula is C17H13ClF3N3O3S. The van der Waals surface area contributed by atoms with Crippen LogP contribution in [0.2, 0.25) is 5.02 Å². The number of anilines is 1. The molecule has 0 radical (unpaired) electrons. The molecule has 6 nitrogen and oxygen atoms in total. The lowest BCUT2D eigenvalue weighted by Gasteiger charge is -2.13. The fourth-order valence-electron chi connectivity index (χ4n) is 2.70. The van der Waals surface area contributed by atoms with Gasteiger partial charge in [0.1, 0.15) is 11.2 Å². The maximum atomic E-state index is 12.9. The average molecular weight is 432 g/mol. The van der Waals surface area contributed by atoms with E-state index in [1.807, 2.05) is 0 Å². The number of nitrogens with one attached hydrogen (secondary N) is 1. The van der Waals surface area contributed by atoms with Crippen LogP contribution in [0.25, 0.3) is 10.2 Å². The first kappa shape index (κ1) is 20.2. The largest absolute Gasteiger partial charge is 0.416 e. The van der Waals surface area contributed by atoms with E-state index in [0.717, 1.165) is 38.7 Å². The molecule has 1 N–H and O–H groups in total. The molecule has 0 bridgehead atoms. The summed E-state index contributed by atoms with van der Waals surface area (Å²) in [6.45, 7) is 1.25. The van der Waals surface area contributed by atoms with Gasteiger partial charge in [0.05, 0.1) is 21.8 Å². The first-order valence-electron chi connectivity index (χ1n) is 8.01. The molecule has 0 atom stereocenters. The predicted octanol–water partition coefficient (Wildman–Crippen LogP) is 3.56. The number of nitrogens with zero attached hydrogens (tertiary/aromatic N) is 2. The minimum atomic E-state index is -4.60. The summed E-state index contributed by atoms with van der Waals surface area (Å²) in [5, 5.41) is 3.83. The minimum Gasteiger partial charge on any atom is -0.323 e. The second-order valence-corrected chi connectivity index (χ2v) is 7.12. The predicted molar refractivity (Wildman–Crippen MR) is 101 cm³/mol. The zero-order valence-corrected chi connectivity index (χ0v) is 15.9. The zero-order chi connectivity index (χ0) is 20.6. The van der Waals surface area contributed by atoms with Gasteiger partial charge in [0.15, 0.2) is 0 Å². The van der Waals surface area contributed by atoms with E-state index >= 15 is 0 Å². The Morgan fingerprint density at radius 1 is 1.21 bits per heavy atom. The minimum absolute atomic E-state index is 0.0760. The van der Waals surface area contributed by atoms with Crippen LogP contribution in [-0.4, -0.2) is 15.0 Å². The molecule has 0 spiro atoms. The third kappa shape index (κ3) is 3.69. The summed E-state index contributed by atoms with van der Waals surface area (Å²) in [5.41, 5.74) is -2.03. The molecule has 0 aliphatic rings. The van der Waals surface area contributed by atoms with Crippen LogP contribution < -0.4 is 16.6 Å². The van der Waals surface area contributed by atoms with Crippen molar-refractivity contribution in [2.24, 2.45) is 0 Å². The summed E-state index contributed by atoms with van der Waals surface area (Å²) in [4.78, 5) is 37.2. The quantitative estimate of drug-likeness (QED) is 0.686. The van der Waals surface area contributed by atoms with E-state index in [1.54, 1.807) is 12.3 Å². The number of rotatable bonds is 4. The van der Waals surface area contributed by atoms with Gasteiger partial charge in [0.25, 0.3) is 5.56 Å². The zero-order valence-electron chi connectivity index (χ0n) is 14.3. The van der Waals surface area contributed by atoms with Gasteiger partial charge in [0.2, 0.25) is 5.91 Å². The third-order valence-corrected chi connectivity index (χ3v) is 5.24. The first-order valence-corrected chi connectivity index (χ1v) is 9.26. The number of carbonyl (C=O) groups is 1. The molecule has 0 unspecified atom stereocenters. The van der Waals surface area contributed by atoms with E-state index in [0.29, 0.717) is 4.70 Å². The maximum Gasteiger partial charge on any atom is 0.416 e. The molecule has 28 heavy (non-hydrogen) atoms. The van der Waals surface area contributed by atoms with Gasteiger partial charge in [-0.25, -0.2) is 4.79 Å². The fraction of sp³-hybridized carbons (Fsp3) is 0.235. The SMILES string of the molecule is CCn1c(=O)c2sccc2n(CC(=O)Nc2cc(C(F)(F)F)ccc2Cl)c1=O. The first-order chi connectivity index (χ1) is 13.1. The number of hydrogen-bond acceptors (Lipinski definition) is 4. The lowest BCUT2D eigenvalue weighted by molar-refractivity contribution is -0.137. The Labute approximate surface area is 164 Å². The Morgan fingerprint density at radius 2 is 1.93 bits per heavy atom. The molecule has 2 heterocycles. The van der Waals surface area contributed by atoms with Crippen molar-refractivity contribution in [3.8, 4) is 0 Å². The fourth-order valence-corrected chi connectivity index (χ4v) is 3.70. The van der Waals surface area contributed by atoms with Gasteiger partial charge in [-0.3, -0.25) is 18.7 Å². The molecule has 2 aromatic heterocycles. The highest BCUT2D eigenvalue weighted by atomic mass is 35.5. The van der Waals surface area contributed by atoms with E-state index in [9.17, 15) is 27.6 Å². The van der Waals surface area contributed by atoms with Crippen LogP contribution >= 0.6 is 22.9 Å². The maximum absolute atomic E-state index is 12.9. The highest BCUT2D eigenvalue weighted by Crippen LogP contribution is 2.33. The highest BCUT2D eigenvalue weighted by Gasteiger charge is 2.31. The monoisotopic (exact) mass is 431 g/mol. The number of alkyl halides is 3. The summed E-state index contributed by atoms with van der Waals surface area (Å²) in [5.74, 6) is -0.753. The molecule has 0 aliphatic carbocycles. The molecule has 0 saturated carbocycles. The topological polar surface area (TPSA) is 73.1 Å². The van der Waals surface area contributed by atoms with E-state index in [1.165, 1.54) is 6.07 Å². The molecule has 148 valence electrons. The van der Waals surface area contributed by atoms with Gasteiger partial charge in [-0.15, -0.1) is 11.3 Å². The Bertz CT molecular complexity index is 1180. The Kier molecular flexibility index (Phi) is 5.35. The second-order valence-electron chi connectivity index (χ2n) is 5.79. The number of aromatic nitrogens is 2. The van der Waals surface area contributed by atoms with Crippen LogP contribution in [0, 0.1) is 0 Å². The number of thiophene rings is 1. The Hall–Kier alpha value is -2.59. The van der Waals surface area contributed by atoms with E-state index in [-0.39, 0.29) is 22.8 Å². The summed E-state index contributed by atoms with van der Waals surface area (Å²) in [6.07, 6.45) is -4.60. The molecule has 3 aromatic rings.